The van der Waals surface area contributed by atoms with Gasteiger partial charge in [-0.05, 0) is 46.0 Å². The topological polar surface area (TPSA) is 67.8 Å². The molecule has 0 bridgehead atoms. The molecule has 0 spiro atoms. The average molecular weight is 372 g/mol. The summed E-state index contributed by atoms with van der Waals surface area (Å²) in [4.78, 5) is 11.3. The van der Waals surface area contributed by atoms with Crippen molar-refractivity contribution in [1.29, 1.82) is 0 Å². The Morgan fingerprint density at radius 2 is 2.09 bits per heavy atom. The molecule has 2 N–H and O–H groups in total. The number of rotatable bonds is 6. The second-order valence-corrected chi connectivity index (χ2v) is 6.71. The minimum absolute atomic E-state index is 0.323. The van der Waals surface area contributed by atoms with E-state index in [-0.39, 0.29) is 0 Å². The first-order valence-electron chi connectivity index (χ1n) is 7.51. The van der Waals surface area contributed by atoms with E-state index in [1.54, 1.807) is 0 Å². The molecule has 1 aliphatic heterocycles. The maximum Gasteiger partial charge on any atom is 0.320 e. The van der Waals surface area contributed by atoms with Crippen LogP contribution in [0.15, 0.2) is 16.6 Å². The van der Waals surface area contributed by atoms with E-state index in [1.165, 1.54) is 0 Å². The van der Waals surface area contributed by atoms with Crippen molar-refractivity contribution in [2.24, 2.45) is 5.92 Å². The molecule has 0 aromatic heterocycles. The second kappa shape index (κ2) is 7.83. The highest BCUT2D eigenvalue weighted by Gasteiger charge is 2.19. The standard InChI is InChI=1S/C16H22BrNO4/c1-10(2)6-13(16(19)20)18-9-11-7-12(17)15-14(8-11)21-4-3-5-22-15/h7-8,10,13,18H,3-6,9H2,1-2H3,(H,19,20)/t13-/m0/s1. The predicted molar refractivity (Wildman–Crippen MR) is 87.5 cm³/mol. The van der Waals surface area contributed by atoms with E-state index in [0.717, 1.165) is 22.2 Å². The number of carbonyl (C=O) groups is 1. The molecule has 0 radical (unpaired) electrons. The van der Waals surface area contributed by atoms with E-state index in [4.69, 9.17) is 9.47 Å². The minimum Gasteiger partial charge on any atom is -0.490 e. The zero-order valence-electron chi connectivity index (χ0n) is 12.9. The summed E-state index contributed by atoms with van der Waals surface area (Å²) in [6.07, 6.45) is 1.45. The van der Waals surface area contributed by atoms with Crippen LogP contribution in [0.5, 0.6) is 11.5 Å². The van der Waals surface area contributed by atoms with Gasteiger partial charge in [-0.25, -0.2) is 0 Å². The molecule has 1 aromatic carbocycles. The van der Waals surface area contributed by atoms with Crippen LogP contribution in [0.1, 0.15) is 32.3 Å². The largest absolute Gasteiger partial charge is 0.490 e. The lowest BCUT2D eigenvalue weighted by Crippen LogP contribution is -2.37. The van der Waals surface area contributed by atoms with Crippen molar-refractivity contribution in [1.82, 2.24) is 5.32 Å². The number of ether oxygens (including phenoxy) is 2. The molecular formula is C16H22BrNO4. The van der Waals surface area contributed by atoms with Crippen LogP contribution < -0.4 is 14.8 Å². The Labute approximate surface area is 139 Å². The quantitative estimate of drug-likeness (QED) is 0.803. The smallest absolute Gasteiger partial charge is 0.320 e. The fraction of sp³-hybridized carbons (Fsp3) is 0.562. The molecule has 2 rings (SSSR count). The molecule has 1 aliphatic rings. The van der Waals surface area contributed by atoms with Crippen LogP contribution in [0, 0.1) is 5.92 Å². The van der Waals surface area contributed by atoms with Crippen LogP contribution >= 0.6 is 15.9 Å². The summed E-state index contributed by atoms with van der Waals surface area (Å²) >= 11 is 3.49. The van der Waals surface area contributed by atoms with Gasteiger partial charge in [0.25, 0.3) is 0 Å². The zero-order chi connectivity index (χ0) is 16.1. The molecule has 1 atom stereocenters. The Morgan fingerprint density at radius 3 is 2.77 bits per heavy atom. The molecule has 0 aliphatic carbocycles. The summed E-state index contributed by atoms with van der Waals surface area (Å²) in [7, 11) is 0. The number of carboxylic acids is 1. The second-order valence-electron chi connectivity index (χ2n) is 5.86. The monoisotopic (exact) mass is 371 g/mol. The lowest BCUT2D eigenvalue weighted by atomic mass is 10.0. The third-order valence-electron chi connectivity index (χ3n) is 3.42. The molecule has 0 unspecified atom stereocenters. The lowest BCUT2D eigenvalue weighted by molar-refractivity contribution is -0.140. The molecule has 0 amide bonds. The number of nitrogens with one attached hydrogen (secondary N) is 1. The minimum atomic E-state index is -0.817. The van der Waals surface area contributed by atoms with Crippen molar-refractivity contribution in [3.63, 3.8) is 0 Å². The maximum absolute atomic E-state index is 11.3. The van der Waals surface area contributed by atoms with Crippen molar-refractivity contribution in [3.05, 3.63) is 22.2 Å². The van der Waals surface area contributed by atoms with E-state index in [0.29, 0.717) is 37.8 Å². The summed E-state index contributed by atoms with van der Waals surface area (Å²) in [5.74, 6) is 0.934. The van der Waals surface area contributed by atoms with Gasteiger partial charge in [-0.2, -0.15) is 0 Å². The van der Waals surface area contributed by atoms with Crippen molar-refractivity contribution >= 4 is 21.9 Å². The van der Waals surface area contributed by atoms with Crippen LogP contribution in [0.4, 0.5) is 0 Å². The fourth-order valence-electron chi connectivity index (χ4n) is 2.37. The Morgan fingerprint density at radius 1 is 1.36 bits per heavy atom. The molecular weight excluding hydrogens is 350 g/mol. The summed E-state index contributed by atoms with van der Waals surface area (Å²) in [6.45, 7) is 5.77. The average Bonchev–Trinajstić information content (AvgIpc) is 2.68. The Balaban J connectivity index is 2.08. The number of carboxylic acid groups (broad SMARTS) is 1. The first kappa shape index (κ1) is 17.1. The lowest BCUT2D eigenvalue weighted by Gasteiger charge is -2.17. The summed E-state index contributed by atoms with van der Waals surface area (Å²) in [5, 5.41) is 12.4. The molecule has 0 saturated carbocycles. The number of benzene rings is 1. The highest BCUT2D eigenvalue weighted by atomic mass is 79.9. The van der Waals surface area contributed by atoms with E-state index in [9.17, 15) is 9.90 Å². The normalized spacial score (nSPS) is 15.5. The van der Waals surface area contributed by atoms with Crippen LogP contribution in [-0.2, 0) is 11.3 Å². The molecule has 5 nitrogen and oxygen atoms in total. The van der Waals surface area contributed by atoms with Crippen molar-refractivity contribution in [3.8, 4) is 11.5 Å². The van der Waals surface area contributed by atoms with Gasteiger partial charge in [-0.3, -0.25) is 4.79 Å². The van der Waals surface area contributed by atoms with Gasteiger partial charge in [0.05, 0.1) is 17.7 Å². The molecule has 0 fully saturated rings. The first-order valence-corrected chi connectivity index (χ1v) is 8.31. The third kappa shape index (κ3) is 4.61. The summed E-state index contributed by atoms with van der Waals surface area (Å²) < 4.78 is 12.2. The van der Waals surface area contributed by atoms with E-state index >= 15 is 0 Å². The van der Waals surface area contributed by atoms with Gasteiger partial charge in [-0.15, -0.1) is 0 Å². The van der Waals surface area contributed by atoms with Gasteiger partial charge in [-0.1, -0.05) is 13.8 Å². The van der Waals surface area contributed by atoms with Gasteiger partial charge in [0, 0.05) is 13.0 Å². The van der Waals surface area contributed by atoms with Gasteiger partial charge in [0.2, 0.25) is 0 Å². The highest BCUT2D eigenvalue weighted by molar-refractivity contribution is 9.10. The number of halogens is 1. The molecule has 1 heterocycles. The van der Waals surface area contributed by atoms with Crippen molar-refractivity contribution in [2.45, 2.75) is 39.3 Å². The van der Waals surface area contributed by atoms with Crippen LogP contribution in [0.25, 0.3) is 0 Å². The Bertz CT molecular complexity index is 533. The van der Waals surface area contributed by atoms with Crippen LogP contribution in [0.3, 0.4) is 0 Å². The predicted octanol–water partition coefficient (Wildman–Crippen LogP) is 3.20. The van der Waals surface area contributed by atoms with E-state index in [1.807, 2.05) is 26.0 Å². The highest BCUT2D eigenvalue weighted by Crippen LogP contribution is 2.38. The molecule has 1 aromatic rings. The SMILES string of the molecule is CC(C)C[C@H](NCc1cc(Br)c2c(c1)OCCCO2)C(=O)O. The Hall–Kier alpha value is -1.27. The molecule has 0 saturated heterocycles. The summed E-state index contributed by atoms with van der Waals surface area (Å²) in [5.41, 5.74) is 0.964. The number of hydrogen-bond acceptors (Lipinski definition) is 4. The van der Waals surface area contributed by atoms with Crippen LogP contribution in [-0.4, -0.2) is 30.3 Å². The fourth-order valence-corrected chi connectivity index (χ4v) is 2.97. The van der Waals surface area contributed by atoms with Crippen molar-refractivity contribution < 1.29 is 19.4 Å². The number of aliphatic carboxylic acids is 1. The van der Waals surface area contributed by atoms with E-state index in [2.05, 4.69) is 21.2 Å². The van der Waals surface area contributed by atoms with Gasteiger partial charge < -0.3 is 19.9 Å². The summed E-state index contributed by atoms with van der Waals surface area (Å²) in [6, 6.07) is 3.30. The van der Waals surface area contributed by atoms with Crippen LogP contribution in [0.2, 0.25) is 0 Å². The molecule has 6 heteroatoms. The van der Waals surface area contributed by atoms with Gasteiger partial charge >= 0.3 is 5.97 Å². The zero-order valence-corrected chi connectivity index (χ0v) is 14.5. The maximum atomic E-state index is 11.3. The molecule has 122 valence electrons. The number of fused-ring (bicyclic) bond motifs is 1. The van der Waals surface area contributed by atoms with Gasteiger partial charge in [0.1, 0.15) is 6.04 Å². The molecule has 22 heavy (non-hydrogen) atoms. The first-order chi connectivity index (χ1) is 10.5. The van der Waals surface area contributed by atoms with Crippen molar-refractivity contribution in [2.75, 3.05) is 13.2 Å². The number of hydrogen-bond donors (Lipinski definition) is 2. The van der Waals surface area contributed by atoms with Gasteiger partial charge in [0.15, 0.2) is 11.5 Å². The van der Waals surface area contributed by atoms with E-state index < -0.39 is 12.0 Å². The Kier molecular flexibility index (Phi) is 6.08. The third-order valence-corrected chi connectivity index (χ3v) is 4.01.